The van der Waals surface area contributed by atoms with Crippen LogP contribution in [0.3, 0.4) is 0 Å². The van der Waals surface area contributed by atoms with Crippen LogP contribution < -0.4 is 10.2 Å². The molecule has 3 aromatic heterocycles. The van der Waals surface area contributed by atoms with Crippen molar-refractivity contribution < 1.29 is 0 Å². The average Bonchev–Trinajstić information content (AvgIpc) is 3.60. The van der Waals surface area contributed by atoms with E-state index in [1.54, 1.807) is 0 Å². The van der Waals surface area contributed by atoms with Crippen LogP contribution in [0.4, 0.5) is 11.5 Å². The molecule has 0 spiro atoms. The van der Waals surface area contributed by atoms with Gasteiger partial charge in [0.2, 0.25) is 0 Å². The Morgan fingerprint density at radius 3 is 2.57 bits per heavy atom. The van der Waals surface area contributed by atoms with Gasteiger partial charge in [0.25, 0.3) is 0 Å². The number of piperidine rings is 1. The highest BCUT2D eigenvalue weighted by Gasteiger charge is 2.17. The number of pyridine rings is 2. The molecule has 4 aromatic rings. The normalized spacial score (nSPS) is 16.4. The number of aryl methyl sites for hydroxylation is 1. The van der Waals surface area contributed by atoms with Crippen molar-refractivity contribution in [3.8, 4) is 11.1 Å². The Morgan fingerprint density at radius 2 is 1.76 bits per heavy atom. The largest absolute Gasteiger partial charge is 0.356 e. The zero-order valence-corrected chi connectivity index (χ0v) is 21.6. The fraction of sp³-hybridized carbons (Fsp3) is 0.367. The summed E-state index contributed by atoms with van der Waals surface area (Å²) < 4.78 is 0. The van der Waals surface area contributed by atoms with Gasteiger partial charge in [-0.15, -0.1) is 0 Å². The number of hydrogen-bond donors (Lipinski definition) is 2. The topological polar surface area (TPSA) is 73.0 Å². The summed E-state index contributed by atoms with van der Waals surface area (Å²) in [5, 5.41) is 12.2. The summed E-state index contributed by atoms with van der Waals surface area (Å²) >= 11 is 0. The van der Waals surface area contributed by atoms with Gasteiger partial charge < -0.3 is 10.2 Å². The van der Waals surface area contributed by atoms with E-state index in [0.29, 0.717) is 0 Å². The van der Waals surface area contributed by atoms with E-state index >= 15 is 0 Å². The molecule has 6 rings (SSSR count). The predicted octanol–water partition coefficient (Wildman–Crippen LogP) is 6.00. The maximum absolute atomic E-state index is 4.74. The smallest absolute Gasteiger partial charge is 0.131 e. The molecule has 37 heavy (non-hydrogen) atoms. The number of likely N-dealkylation sites (tertiary alicyclic amines) is 1. The monoisotopic (exact) mass is 493 g/mol. The fourth-order valence-corrected chi connectivity index (χ4v) is 5.66. The van der Waals surface area contributed by atoms with Gasteiger partial charge in [-0.05, 0) is 86.7 Å². The van der Waals surface area contributed by atoms with Gasteiger partial charge in [0.05, 0.1) is 23.1 Å². The second-order valence-corrected chi connectivity index (χ2v) is 10.4. The summed E-state index contributed by atoms with van der Waals surface area (Å²) in [6.45, 7) is 11.9. The van der Waals surface area contributed by atoms with Crippen molar-refractivity contribution in [1.29, 1.82) is 0 Å². The number of rotatable bonds is 7. The number of hydrogen-bond acceptors (Lipinski definition) is 6. The standard InChI is InChI=1S/C30H35N7/c1-21-14-26(19-32-30(21)37-12-6-7-13-37)33-22(2)29-27-16-24(8-9-28(27)34-35-29)25-15-23(17-31-18-25)20-36-10-4-3-5-11-36/h8-9,14-19,33H,2-7,10-13,20H2,1H3,(H,34,35). The number of aromatic amines is 1. The summed E-state index contributed by atoms with van der Waals surface area (Å²) in [6, 6.07) is 10.8. The Labute approximate surface area is 218 Å². The van der Waals surface area contributed by atoms with E-state index in [4.69, 9.17) is 4.98 Å². The number of nitrogens with one attached hydrogen (secondary N) is 2. The zero-order valence-electron chi connectivity index (χ0n) is 21.6. The van der Waals surface area contributed by atoms with E-state index < -0.39 is 0 Å². The van der Waals surface area contributed by atoms with E-state index in [2.05, 4.69) is 74.1 Å². The molecule has 7 nitrogen and oxygen atoms in total. The molecule has 2 N–H and O–H groups in total. The Balaban J connectivity index is 1.22. The Hall–Kier alpha value is -3.71. The van der Waals surface area contributed by atoms with Gasteiger partial charge in [0.1, 0.15) is 11.5 Å². The number of anilines is 2. The molecule has 2 aliphatic rings. The molecule has 0 aliphatic carbocycles. The third-order valence-corrected chi connectivity index (χ3v) is 7.58. The maximum Gasteiger partial charge on any atom is 0.131 e. The van der Waals surface area contributed by atoms with Gasteiger partial charge >= 0.3 is 0 Å². The van der Waals surface area contributed by atoms with Crippen molar-refractivity contribution in [2.24, 2.45) is 0 Å². The highest BCUT2D eigenvalue weighted by molar-refractivity contribution is 5.95. The van der Waals surface area contributed by atoms with Crippen LogP contribution in [-0.2, 0) is 6.54 Å². The number of benzene rings is 1. The van der Waals surface area contributed by atoms with Crippen LogP contribution in [-0.4, -0.2) is 51.2 Å². The van der Waals surface area contributed by atoms with Crippen molar-refractivity contribution in [2.75, 3.05) is 36.4 Å². The van der Waals surface area contributed by atoms with E-state index in [1.807, 2.05) is 18.6 Å². The van der Waals surface area contributed by atoms with E-state index in [1.165, 1.54) is 56.3 Å². The third kappa shape index (κ3) is 5.09. The van der Waals surface area contributed by atoms with Crippen LogP contribution in [0.5, 0.6) is 0 Å². The van der Waals surface area contributed by atoms with Crippen LogP contribution in [0.15, 0.2) is 55.5 Å². The highest BCUT2D eigenvalue weighted by atomic mass is 15.2. The second-order valence-electron chi connectivity index (χ2n) is 10.4. The summed E-state index contributed by atoms with van der Waals surface area (Å²) in [6.07, 6.45) is 12.3. The van der Waals surface area contributed by atoms with E-state index in [-0.39, 0.29) is 0 Å². The van der Waals surface area contributed by atoms with Gasteiger partial charge in [0, 0.05) is 43.0 Å². The summed E-state index contributed by atoms with van der Waals surface area (Å²) in [7, 11) is 0. The van der Waals surface area contributed by atoms with Crippen LogP contribution in [0.2, 0.25) is 0 Å². The van der Waals surface area contributed by atoms with Crippen LogP contribution in [0.1, 0.15) is 48.9 Å². The van der Waals surface area contributed by atoms with Gasteiger partial charge in [-0.25, -0.2) is 4.98 Å². The molecule has 0 radical (unpaired) electrons. The first kappa shape index (κ1) is 23.7. The van der Waals surface area contributed by atoms with Crippen LogP contribution in [0, 0.1) is 6.92 Å². The number of fused-ring (bicyclic) bond motifs is 1. The number of H-pyrrole nitrogens is 1. The lowest BCUT2D eigenvalue weighted by molar-refractivity contribution is 0.220. The zero-order chi connectivity index (χ0) is 25.2. The van der Waals surface area contributed by atoms with Crippen molar-refractivity contribution in [3.05, 3.63) is 72.3 Å². The molecule has 7 heteroatoms. The quantitative estimate of drug-likeness (QED) is 0.329. The number of nitrogens with zero attached hydrogens (tertiary/aromatic N) is 5. The molecular weight excluding hydrogens is 458 g/mol. The average molecular weight is 494 g/mol. The lowest BCUT2D eigenvalue weighted by atomic mass is 10.0. The van der Waals surface area contributed by atoms with Crippen LogP contribution in [0.25, 0.3) is 27.7 Å². The first-order valence-corrected chi connectivity index (χ1v) is 13.5. The van der Waals surface area contributed by atoms with Gasteiger partial charge in [0.15, 0.2) is 0 Å². The summed E-state index contributed by atoms with van der Waals surface area (Å²) in [5.74, 6) is 1.08. The molecule has 2 aliphatic heterocycles. The molecule has 0 amide bonds. The lowest BCUT2D eigenvalue weighted by Gasteiger charge is -2.26. The van der Waals surface area contributed by atoms with Crippen molar-refractivity contribution in [1.82, 2.24) is 25.1 Å². The van der Waals surface area contributed by atoms with Crippen molar-refractivity contribution >= 4 is 28.1 Å². The fourth-order valence-electron chi connectivity index (χ4n) is 5.66. The first-order chi connectivity index (χ1) is 18.1. The molecule has 2 fully saturated rings. The van der Waals surface area contributed by atoms with Crippen molar-refractivity contribution in [2.45, 2.75) is 45.6 Å². The maximum atomic E-state index is 4.74. The molecule has 0 bridgehead atoms. The summed E-state index contributed by atoms with van der Waals surface area (Å²) in [4.78, 5) is 14.2. The molecule has 0 unspecified atom stereocenters. The molecular formula is C30H35N7. The molecule has 1 aromatic carbocycles. The van der Waals surface area contributed by atoms with E-state index in [0.717, 1.165) is 64.6 Å². The van der Waals surface area contributed by atoms with Gasteiger partial charge in [-0.3, -0.25) is 15.0 Å². The van der Waals surface area contributed by atoms with E-state index in [9.17, 15) is 0 Å². The van der Waals surface area contributed by atoms with Crippen molar-refractivity contribution in [3.63, 3.8) is 0 Å². The Morgan fingerprint density at radius 1 is 0.946 bits per heavy atom. The Bertz CT molecular complexity index is 1410. The number of aromatic nitrogens is 4. The minimum Gasteiger partial charge on any atom is -0.356 e. The first-order valence-electron chi connectivity index (χ1n) is 13.5. The molecule has 0 saturated carbocycles. The Kier molecular flexibility index (Phi) is 6.62. The SMILES string of the molecule is C=C(Nc1cnc(N2CCCC2)c(C)c1)c1n[nH]c2ccc(-c3cncc(CN4CCCCC4)c3)cc12. The predicted molar refractivity (Wildman–Crippen MR) is 152 cm³/mol. The summed E-state index contributed by atoms with van der Waals surface area (Å²) in [5.41, 5.74) is 8.16. The van der Waals surface area contributed by atoms with Gasteiger partial charge in [-0.2, -0.15) is 5.10 Å². The molecule has 0 atom stereocenters. The lowest BCUT2D eigenvalue weighted by Crippen LogP contribution is -2.29. The van der Waals surface area contributed by atoms with Gasteiger partial charge in [-0.1, -0.05) is 19.1 Å². The highest BCUT2D eigenvalue weighted by Crippen LogP contribution is 2.30. The molecule has 190 valence electrons. The van der Waals surface area contributed by atoms with Crippen LogP contribution >= 0.6 is 0 Å². The molecule has 5 heterocycles. The molecule has 2 saturated heterocycles. The minimum atomic E-state index is 0.746. The second kappa shape index (κ2) is 10.3. The minimum absolute atomic E-state index is 0.746. The third-order valence-electron chi connectivity index (χ3n) is 7.58.